The summed E-state index contributed by atoms with van der Waals surface area (Å²) >= 11 is 0. The quantitative estimate of drug-likeness (QED) is 0.619. The molecule has 1 aromatic carbocycles. The molecule has 0 radical (unpaired) electrons. The summed E-state index contributed by atoms with van der Waals surface area (Å²) in [6, 6.07) is 6.63. The van der Waals surface area contributed by atoms with Gasteiger partial charge in [-0.2, -0.15) is 5.26 Å². The Bertz CT molecular complexity index is 553. The fourth-order valence-electron chi connectivity index (χ4n) is 2.67. The highest BCUT2D eigenvalue weighted by Gasteiger charge is 2.22. The smallest absolute Gasteiger partial charge is 0.289 e. The number of hydrogen-bond donors (Lipinski definition) is 0. The van der Waals surface area contributed by atoms with Crippen LogP contribution in [0.25, 0.3) is 0 Å². The number of nitrogens with zero attached hydrogens (tertiary/aromatic N) is 4. The van der Waals surface area contributed by atoms with E-state index >= 15 is 0 Å². The molecule has 0 amide bonds. The second-order valence-electron chi connectivity index (χ2n) is 5.37. The molecule has 1 fully saturated rings. The van der Waals surface area contributed by atoms with E-state index in [1.165, 1.54) is 12.1 Å². The first-order valence-corrected chi connectivity index (χ1v) is 6.59. The monoisotopic (exact) mass is 274 g/mol. The van der Waals surface area contributed by atoms with Crippen LogP contribution in [0.2, 0.25) is 0 Å². The first-order chi connectivity index (χ1) is 9.51. The van der Waals surface area contributed by atoms with Crippen molar-refractivity contribution in [1.82, 2.24) is 4.90 Å². The summed E-state index contributed by atoms with van der Waals surface area (Å²) in [4.78, 5) is 14.8. The Morgan fingerprint density at radius 1 is 1.60 bits per heavy atom. The third kappa shape index (κ3) is 3.06. The summed E-state index contributed by atoms with van der Waals surface area (Å²) < 4.78 is 0. The lowest BCUT2D eigenvalue weighted by molar-refractivity contribution is -0.385. The lowest BCUT2D eigenvalue weighted by Gasteiger charge is -2.23. The van der Waals surface area contributed by atoms with Gasteiger partial charge in [0, 0.05) is 31.9 Å². The topological polar surface area (TPSA) is 73.4 Å². The molecule has 2 rings (SSSR count). The van der Waals surface area contributed by atoms with Gasteiger partial charge < -0.3 is 9.80 Å². The molecule has 0 N–H and O–H groups in total. The van der Waals surface area contributed by atoms with E-state index in [1.54, 1.807) is 6.07 Å². The van der Waals surface area contributed by atoms with Crippen molar-refractivity contribution in [3.63, 3.8) is 0 Å². The number of hydrogen-bond acceptors (Lipinski definition) is 5. The fourth-order valence-corrected chi connectivity index (χ4v) is 2.67. The minimum Gasteiger partial charge on any atom is -0.374 e. The summed E-state index contributed by atoms with van der Waals surface area (Å²) in [6.07, 6.45) is 1.15. The number of anilines is 1. The second kappa shape index (κ2) is 5.88. The zero-order chi connectivity index (χ0) is 14.7. The summed E-state index contributed by atoms with van der Waals surface area (Å²) in [5, 5.41) is 19.9. The Morgan fingerprint density at radius 3 is 2.90 bits per heavy atom. The van der Waals surface area contributed by atoms with Crippen molar-refractivity contribution in [2.24, 2.45) is 5.92 Å². The van der Waals surface area contributed by atoms with E-state index in [4.69, 9.17) is 5.26 Å². The van der Waals surface area contributed by atoms with Gasteiger partial charge in [-0.15, -0.1) is 0 Å². The van der Waals surface area contributed by atoms with Crippen LogP contribution >= 0.6 is 0 Å². The van der Waals surface area contributed by atoms with Gasteiger partial charge in [0.15, 0.2) is 0 Å². The number of nitro groups is 1. The molecule has 1 aliphatic rings. The Kier molecular flexibility index (Phi) is 4.20. The Morgan fingerprint density at radius 2 is 2.35 bits per heavy atom. The molecule has 1 aliphatic heterocycles. The molecule has 0 aliphatic carbocycles. The molecule has 1 saturated heterocycles. The molecule has 106 valence electrons. The van der Waals surface area contributed by atoms with Gasteiger partial charge in [-0.1, -0.05) is 0 Å². The fraction of sp³-hybridized carbons (Fsp3) is 0.500. The number of benzene rings is 1. The van der Waals surface area contributed by atoms with Gasteiger partial charge in [-0.05, 0) is 38.1 Å². The highest BCUT2D eigenvalue weighted by molar-refractivity contribution is 5.60. The van der Waals surface area contributed by atoms with Crippen LogP contribution in [0.15, 0.2) is 18.2 Å². The maximum absolute atomic E-state index is 11.0. The number of rotatable bonds is 4. The van der Waals surface area contributed by atoms with Crippen LogP contribution in [-0.4, -0.2) is 43.6 Å². The molecule has 1 atom stereocenters. The van der Waals surface area contributed by atoms with Gasteiger partial charge in [0.2, 0.25) is 0 Å². The lowest BCUT2D eigenvalue weighted by atomic mass is 10.1. The zero-order valence-corrected chi connectivity index (χ0v) is 11.7. The van der Waals surface area contributed by atoms with Gasteiger partial charge in [-0.3, -0.25) is 10.1 Å². The van der Waals surface area contributed by atoms with Crippen molar-refractivity contribution in [3.8, 4) is 6.07 Å². The van der Waals surface area contributed by atoms with Crippen molar-refractivity contribution in [2.75, 3.05) is 38.6 Å². The summed E-state index contributed by atoms with van der Waals surface area (Å²) in [7, 11) is 4.04. The van der Waals surface area contributed by atoms with Crippen molar-refractivity contribution in [3.05, 3.63) is 33.9 Å². The highest BCUT2D eigenvalue weighted by Crippen LogP contribution is 2.26. The maximum atomic E-state index is 11.0. The van der Waals surface area contributed by atoms with Gasteiger partial charge in [0.05, 0.1) is 4.92 Å². The Hall–Kier alpha value is -2.13. The SMILES string of the molecule is CN1CCC(CN(C)c2ccc(C#N)c([N+](=O)[O-])c2)C1. The molecule has 0 aromatic heterocycles. The second-order valence-corrected chi connectivity index (χ2v) is 5.37. The minimum absolute atomic E-state index is 0.104. The Balaban J connectivity index is 2.14. The standard InChI is InChI=1S/C14H18N4O2/c1-16-6-5-11(9-16)10-17(2)13-4-3-12(8-15)14(7-13)18(19)20/h3-4,7,11H,5-6,9-10H2,1-2H3. The van der Waals surface area contributed by atoms with Crippen LogP contribution in [0.3, 0.4) is 0 Å². The van der Waals surface area contributed by atoms with Gasteiger partial charge in [0.1, 0.15) is 11.6 Å². The van der Waals surface area contributed by atoms with Crippen molar-refractivity contribution >= 4 is 11.4 Å². The van der Waals surface area contributed by atoms with Crippen LogP contribution in [-0.2, 0) is 0 Å². The third-order valence-corrected chi connectivity index (χ3v) is 3.76. The first-order valence-electron chi connectivity index (χ1n) is 6.59. The van der Waals surface area contributed by atoms with Gasteiger partial charge in [-0.25, -0.2) is 0 Å². The molecule has 6 nitrogen and oxygen atoms in total. The van der Waals surface area contributed by atoms with Crippen molar-refractivity contribution in [1.29, 1.82) is 5.26 Å². The van der Waals surface area contributed by atoms with Gasteiger partial charge in [0.25, 0.3) is 5.69 Å². The van der Waals surface area contributed by atoms with Crippen LogP contribution in [0.1, 0.15) is 12.0 Å². The molecule has 6 heteroatoms. The van der Waals surface area contributed by atoms with Crippen LogP contribution in [0, 0.1) is 27.4 Å². The molecular formula is C14H18N4O2. The van der Waals surface area contributed by atoms with Crippen LogP contribution < -0.4 is 4.90 Å². The zero-order valence-electron chi connectivity index (χ0n) is 11.7. The largest absolute Gasteiger partial charge is 0.374 e. The molecule has 0 spiro atoms. The molecule has 0 bridgehead atoms. The molecule has 0 saturated carbocycles. The highest BCUT2D eigenvalue weighted by atomic mass is 16.6. The van der Waals surface area contributed by atoms with E-state index in [1.807, 2.05) is 18.0 Å². The molecule has 1 unspecified atom stereocenters. The number of nitro benzene ring substituents is 1. The average molecular weight is 274 g/mol. The van der Waals surface area contributed by atoms with E-state index in [0.717, 1.165) is 31.7 Å². The van der Waals surface area contributed by atoms with Crippen molar-refractivity contribution < 1.29 is 4.92 Å². The lowest BCUT2D eigenvalue weighted by Crippen LogP contribution is -2.27. The van der Waals surface area contributed by atoms with E-state index in [2.05, 4.69) is 11.9 Å². The molecule has 1 aromatic rings. The van der Waals surface area contributed by atoms with E-state index < -0.39 is 4.92 Å². The van der Waals surface area contributed by atoms with E-state index in [0.29, 0.717) is 5.92 Å². The maximum Gasteiger partial charge on any atom is 0.289 e. The van der Waals surface area contributed by atoms with E-state index in [-0.39, 0.29) is 11.3 Å². The van der Waals surface area contributed by atoms with Crippen LogP contribution in [0.5, 0.6) is 0 Å². The van der Waals surface area contributed by atoms with Crippen LogP contribution in [0.4, 0.5) is 11.4 Å². The first kappa shape index (κ1) is 14.3. The predicted octanol–water partition coefficient (Wildman–Crippen LogP) is 1.85. The summed E-state index contributed by atoms with van der Waals surface area (Å²) in [5.74, 6) is 0.583. The Labute approximate surface area is 118 Å². The molecular weight excluding hydrogens is 256 g/mol. The molecule has 1 heterocycles. The van der Waals surface area contributed by atoms with Crippen molar-refractivity contribution in [2.45, 2.75) is 6.42 Å². The number of nitriles is 1. The number of likely N-dealkylation sites (tertiary alicyclic amines) is 1. The molecule has 20 heavy (non-hydrogen) atoms. The summed E-state index contributed by atoms with van der Waals surface area (Å²) in [5.41, 5.74) is 0.762. The van der Waals surface area contributed by atoms with Gasteiger partial charge >= 0.3 is 0 Å². The normalized spacial score (nSPS) is 18.8. The average Bonchev–Trinajstić information content (AvgIpc) is 2.83. The van der Waals surface area contributed by atoms with E-state index in [9.17, 15) is 10.1 Å². The predicted molar refractivity (Wildman–Crippen MR) is 76.7 cm³/mol. The summed E-state index contributed by atoms with van der Waals surface area (Å²) in [6.45, 7) is 3.03. The third-order valence-electron chi connectivity index (χ3n) is 3.76. The minimum atomic E-state index is -0.501.